The molecule has 0 aromatic heterocycles. The molecule has 7 fully saturated rings. The van der Waals surface area contributed by atoms with Crippen LogP contribution in [0.15, 0.2) is 0 Å². The Labute approximate surface area is 543 Å². The molecule has 0 bridgehead atoms. The summed E-state index contributed by atoms with van der Waals surface area (Å²) in [6, 6.07) is -7.24. The summed E-state index contributed by atoms with van der Waals surface area (Å²) < 4.78 is 91.5. The zero-order valence-corrected chi connectivity index (χ0v) is 53.4. The number of amides is 4. The van der Waals surface area contributed by atoms with Gasteiger partial charge < -0.3 is 164 Å². The smallest absolute Gasteiger partial charge is 0.364 e. The Bertz CT molecular complexity index is 2560. The monoisotopic (exact) mass is 1380 g/mol. The number of carboxylic acid groups (broad SMARTS) is 2. The maximum atomic E-state index is 13.3. The zero-order valence-electron chi connectivity index (χ0n) is 53.4. The number of aliphatic hydroxyl groups excluding tert-OH is 11. The summed E-state index contributed by atoms with van der Waals surface area (Å²) >= 11 is 0. The molecule has 0 spiro atoms. The number of nitrogens with one attached hydrogen (secondary N) is 4. The SMILES string of the molecule is CC(=O)NC1C(OC2C(CO)OC(OC(C(O)C(C)CO)C(NC(C)=O)C(O)OC3C(O)C(C)OC(OC4C(O)C(CO)OC(OC5C(CO)OC(OCCCCCN)C6O[C@@](C)(C(=O)O)OC56)C4NC(C)=O)C3NC(C)=O)C3O[C@@](C)(C(=O)O)OC23)OC(CO)C(O)C1O. The van der Waals surface area contributed by atoms with Crippen LogP contribution in [0.25, 0.3) is 0 Å². The van der Waals surface area contributed by atoms with Crippen LogP contribution in [0, 0.1) is 5.92 Å². The summed E-state index contributed by atoms with van der Waals surface area (Å²) in [4.78, 5) is 77.5. The molecule has 95 heavy (non-hydrogen) atoms. The van der Waals surface area contributed by atoms with Crippen LogP contribution in [0.2, 0.25) is 0 Å². The van der Waals surface area contributed by atoms with E-state index in [1.807, 2.05) is 0 Å². The molecule has 4 amide bonds. The first kappa shape index (κ1) is 78.1. The predicted octanol–water partition coefficient (Wildman–Crippen LogP) is -9.39. The number of carboxylic acids is 2. The molecule has 0 aromatic carbocycles. The van der Waals surface area contributed by atoms with Gasteiger partial charge in [0.2, 0.25) is 23.6 Å². The van der Waals surface area contributed by atoms with E-state index in [0.29, 0.717) is 25.8 Å². The number of hydrogen-bond donors (Lipinski definition) is 18. The highest BCUT2D eigenvalue weighted by Gasteiger charge is 2.65. The Morgan fingerprint density at radius 1 is 0.516 bits per heavy atom. The number of fused-ring (bicyclic) bond motifs is 2. The largest absolute Gasteiger partial charge is 0.477 e. The van der Waals surface area contributed by atoms with Crippen LogP contribution in [0.5, 0.6) is 0 Å². The Morgan fingerprint density at radius 3 is 1.44 bits per heavy atom. The lowest BCUT2D eigenvalue weighted by atomic mass is 9.92. The van der Waals surface area contributed by atoms with Gasteiger partial charge >= 0.3 is 11.9 Å². The summed E-state index contributed by atoms with van der Waals surface area (Å²) in [6.07, 6.45) is -42.7. The van der Waals surface area contributed by atoms with E-state index in [9.17, 15) is 95.2 Å². The van der Waals surface area contributed by atoms with Gasteiger partial charge in [0.1, 0.15) is 128 Å². The first-order chi connectivity index (χ1) is 44.8. The minimum atomic E-state index is -2.61. The highest BCUT2D eigenvalue weighted by atomic mass is 16.8. The molecule has 19 N–H and O–H groups in total. The molecule has 32 atom stereocenters. The fourth-order valence-electron chi connectivity index (χ4n) is 12.3. The van der Waals surface area contributed by atoms with Crippen LogP contribution < -0.4 is 27.0 Å². The standard InChI is InChI=1S/C56H93N5O34/c1-19(14-62)33(71)40(91-52-46-44(93-56(8,95-46)54(79)80)39(28(18-66)86-52)88-48-29(58-21(3)67)37(75)35(73)25(15-63)83-48)30(59-22(4)68)47(76)87-41-31(60-23(5)69)49(82-20(2)34(41)72)90-42-32(61-24(6)70)50(84-26(16-64)36(42)74)89-38-27(17-65)85-51(81-13-11-9-10-12-57)45-43(38)92-55(7,94-45)53(77)78/h19-20,25-52,62-66,71-76H,9-18,57H2,1-8H3,(H,58,67)(H,59,68)(H,60,69)(H,61,70)(H,77,78)(H,79,80)/t19?,20?,25?,26?,27?,28?,29?,30?,31?,32?,33?,34?,35?,36?,37?,38?,39?,40?,41?,42?,43?,44?,45?,46?,47?,48?,49?,50?,51?,52?,55-,56-/m0/s1. The fraction of sp³-hybridized carbons (Fsp3) is 0.893. The van der Waals surface area contributed by atoms with E-state index in [1.165, 1.54) is 13.8 Å². The third-order valence-corrected chi connectivity index (χ3v) is 17.3. The first-order valence-electron chi connectivity index (χ1n) is 31.1. The van der Waals surface area contributed by atoms with Gasteiger partial charge in [-0.05, 0) is 32.7 Å². The van der Waals surface area contributed by atoms with E-state index in [4.69, 9.17) is 76.8 Å². The average Bonchev–Trinajstić information content (AvgIpc) is 1.65. The van der Waals surface area contributed by atoms with E-state index >= 15 is 0 Å². The second-order valence-corrected chi connectivity index (χ2v) is 24.6. The molecule has 546 valence electrons. The van der Waals surface area contributed by atoms with Gasteiger partial charge in [-0.3, -0.25) is 19.2 Å². The van der Waals surface area contributed by atoms with Crippen molar-refractivity contribution < 1.29 is 166 Å². The van der Waals surface area contributed by atoms with Crippen LogP contribution in [0.1, 0.15) is 74.7 Å². The molecule has 0 aliphatic carbocycles. The van der Waals surface area contributed by atoms with Crippen LogP contribution >= 0.6 is 0 Å². The van der Waals surface area contributed by atoms with Gasteiger partial charge in [-0.1, -0.05) is 6.92 Å². The van der Waals surface area contributed by atoms with Crippen molar-refractivity contribution in [1.82, 2.24) is 21.3 Å². The van der Waals surface area contributed by atoms with Crippen LogP contribution in [-0.2, 0) is 99.8 Å². The highest BCUT2D eigenvalue weighted by Crippen LogP contribution is 2.44. The first-order valence-corrected chi connectivity index (χ1v) is 31.1. The second kappa shape index (κ2) is 33.7. The average molecular weight is 1380 g/mol. The number of carbonyl (C=O) groups excluding carboxylic acids is 4. The lowest BCUT2D eigenvalue weighted by Crippen LogP contribution is -2.71. The second-order valence-electron chi connectivity index (χ2n) is 24.6. The molecule has 39 nitrogen and oxygen atoms in total. The fourth-order valence-corrected chi connectivity index (χ4v) is 12.3. The van der Waals surface area contributed by atoms with E-state index in [2.05, 4.69) is 21.3 Å². The van der Waals surface area contributed by atoms with Crippen molar-refractivity contribution in [2.45, 2.75) is 264 Å². The molecule has 7 saturated heterocycles. The molecular weight excluding hydrogens is 1290 g/mol. The Kier molecular flexibility index (Phi) is 27.7. The molecule has 7 rings (SSSR count). The number of nitrogens with two attached hydrogens (primary N) is 1. The van der Waals surface area contributed by atoms with Gasteiger partial charge in [-0.15, -0.1) is 0 Å². The van der Waals surface area contributed by atoms with Crippen molar-refractivity contribution in [2.24, 2.45) is 11.7 Å². The van der Waals surface area contributed by atoms with Crippen LogP contribution in [0.3, 0.4) is 0 Å². The van der Waals surface area contributed by atoms with Gasteiger partial charge in [0.25, 0.3) is 11.6 Å². The van der Waals surface area contributed by atoms with Crippen molar-refractivity contribution in [3.8, 4) is 0 Å². The maximum Gasteiger partial charge on any atom is 0.364 e. The Morgan fingerprint density at radius 2 is 0.958 bits per heavy atom. The number of hydrogen-bond acceptors (Lipinski definition) is 33. The quantitative estimate of drug-likeness (QED) is 0.0226. The Hall–Kier alpha value is -4.26. The molecule has 39 heteroatoms. The minimum Gasteiger partial charge on any atom is -0.477 e. The van der Waals surface area contributed by atoms with Crippen LogP contribution in [0.4, 0.5) is 0 Å². The number of aliphatic hydroxyl groups is 11. The normalized spacial score (nSPS) is 41.9. The highest BCUT2D eigenvalue weighted by molar-refractivity contribution is 5.76. The molecule has 7 aliphatic rings. The van der Waals surface area contributed by atoms with Crippen molar-refractivity contribution in [3.63, 3.8) is 0 Å². The molecule has 7 heterocycles. The number of aliphatic carboxylic acids is 2. The lowest BCUT2D eigenvalue weighted by molar-refractivity contribution is -0.356. The molecule has 0 saturated carbocycles. The van der Waals surface area contributed by atoms with Crippen LogP contribution in [-0.4, -0.2) is 338 Å². The van der Waals surface area contributed by atoms with E-state index < -0.39 is 264 Å². The van der Waals surface area contributed by atoms with Gasteiger partial charge in [-0.25, -0.2) is 9.59 Å². The van der Waals surface area contributed by atoms with Gasteiger partial charge in [0, 0.05) is 60.7 Å². The number of rotatable bonds is 31. The molecule has 0 aromatic rings. The Balaban J connectivity index is 1.20. The van der Waals surface area contributed by atoms with Gasteiger partial charge in [-0.2, -0.15) is 0 Å². The van der Waals surface area contributed by atoms with Gasteiger partial charge in [0.15, 0.2) is 37.7 Å². The van der Waals surface area contributed by atoms with E-state index in [1.54, 1.807) is 0 Å². The molecule has 7 aliphatic heterocycles. The van der Waals surface area contributed by atoms with Crippen molar-refractivity contribution in [3.05, 3.63) is 0 Å². The zero-order chi connectivity index (χ0) is 70.3. The predicted molar refractivity (Wildman–Crippen MR) is 305 cm³/mol. The molecule has 0 radical (unpaired) electrons. The summed E-state index contributed by atoms with van der Waals surface area (Å²) in [5.74, 6) is -12.9. The summed E-state index contributed by atoms with van der Waals surface area (Å²) in [7, 11) is 0. The van der Waals surface area contributed by atoms with E-state index in [-0.39, 0.29) is 6.61 Å². The summed E-state index contributed by atoms with van der Waals surface area (Å²) in [6.45, 7) is 4.67. The number of carbonyl (C=O) groups is 6. The third kappa shape index (κ3) is 17.8. The topological polar surface area (TPSA) is 578 Å². The summed E-state index contributed by atoms with van der Waals surface area (Å²) in [5, 5.41) is 154. The molecule has 30 unspecified atom stereocenters. The number of unbranched alkanes of at least 4 members (excludes halogenated alkanes) is 2. The summed E-state index contributed by atoms with van der Waals surface area (Å²) in [5.41, 5.74) is 5.63. The maximum absolute atomic E-state index is 13.3. The third-order valence-electron chi connectivity index (χ3n) is 17.3. The van der Waals surface area contributed by atoms with E-state index in [0.717, 1.165) is 41.5 Å². The van der Waals surface area contributed by atoms with Crippen molar-refractivity contribution >= 4 is 35.6 Å². The van der Waals surface area contributed by atoms with Crippen molar-refractivity contribution in [1.29, 1.82) is 0 Å². The van der Waals surface area contributed by atoms with Crippen molar-refractivity contribution in [2.75, 3.05) is 46.2 Å². The molecular formula is C56H93N5O34. The lowest BCUT2D eigenvalue weighted by Gasteiger charge is -2.50. The van der Waals surface area contributed by atoms with Gasteiger partial charge in [0.05, 0.1) is 38.6 Å². The minimum absolute atomic E-state index is 0.0844. The number of ether oxygens (including phenoxy) is 15.